The fourth-order valence-electron chi connectivity index (χ4n) is 3.26. The molecule has 1 aliphatic carbocycles. The lowest BCUT2D eigenvalue weighted by atomic mass is 9.93. The summed E-state index contributed by atoms with van der Waals surface area (Å²) in [5.41, 5.74) is 1.11. The molecule has 1 fully saturated rings. The van der Waals surface area contributed by atoms with Crippen LogP contribution in [0.3, 0.4) is 0 Å². The minimum atomic E-state index is -0.319. The first-order valence-electron chi connectivity index (χ1n) is 8.76. The molecule has 6 nitrogen and oxygen atoms in total. The van der Waals surface area contributed by atoms with Crippen molar-refractivity contribution in [1.82, 2.24) is 4.90 Å². The molecule has 1 N–H and O–H groups in total. The number of carbonyl (C=O) groups is 3. The molecule has 1 aromatic rings. The number of nitrogens with one attached hydrogen (secondary N) is 1. The Morgan fingerprint density at radius 2 is 1.92 bits per heavy atom. The van der Waals surface area contributed by atoms with Crippen LogP contribution in [0.2, 0.25) is 0 Å². The SMILES string of the molecule is COC(=O)CCN(C(=O)c1cccc(NC(C)=O)c1)C1CCCCC1. The highest BCUT2D eigenvalue weighted by molar-refractivity contribution is 5.97. The average molecular weight is 346 g/mol. The number of methoxy groups -OCH3 is 1. The first-order chi connectivity index (χ1) is 12.0. The Morgan fingerprint density at radius 1 is 1.20 bits per heavy atom. The third-order valence-corrected chi connectivity index (χ3v) is 4.49. The van der Waals surface area contributed by atoms with Crippen molar-refractivity contribution in [2.24, 2.45) is 0 Å². The fourth-order valence-corrected chi connectivity index (χ4v) is 3.26. The van der Waals surface area contributed by atoms with E-state index in [-0.39, 0.29) is 30.2 Å². The maximum absolute atomic E-state index is 13.0. The van der Waals surface area contributed by atoms with Crippen LogP contribution in [0.1, 0.15) is 55.8 Å². The summed E-state index contributed by atoms with van der Waals surface area (Å²) in [4.78, 5) is 37.6. The van der Waals surface area contributed by atoms with Gasteiger partial charge in [0.15, 0.2) is 0 Å². The van der Waals surface area contributed by atoms with Gasteiger partial charge in [0.05, 0.1) is 13.5 Å². The predicted octanol–water partition coefficient (Wildman–Crippen LogP) is 2.98. The van der Waals surface area contributed by atoms with Crippen LogP contribution < -0.4 is 5.32 Å². The summed E-state index contributed by atoms with van der Waals surface area (Å²) < 4.78 is 4.71. The Balaban J connectivity index is 2.18. The second kappa shape index (κ2) is 9.20. The van der Waals surface area contributed by atoms with Crippen molar-refractivity contribution >= 4 is 23.5 Å². The Morgan fingerprint density at radius 3 is 2.56 bits per heavy atom. The minimum absolute atomic E-state index is 0.108. The number of benzene rings is 1. The largest absolute Gasteiger partial charge is 0.469 e. The molecule has 136 valence electrons. The topological polar surface area (TPSA) is 75.7 Å². The van der Waals surface area contributed by atoms with Crippen LogP contribution >= 0.6 is 0 Å². The first-order valence-corrected chi connectivity index (χ1v) is 8.76. The molecule has 0 atom stereocenters. The molecule has 2 amide bonds. The molecule has 2 rings (SSSR count). The third-order valence-electron chi connectivity index (χ3n) is 4.49. The number of esters is 1. The number of rotatable bonds is 6. The zero-order valence-electron chi connectivity index (χ0n) is 14.9. The van der Waals surface area contributed by atoms with Crippen LogP contribution in [-0.4, -0.2) is 42.4 Å². The van der Waals surface area contributed by atoms with E-state index in [0.29, 0.717) is 17.8 Å². The van der Waals surface area contributed by atoms with Gasteiger partial charge >= 0.3 is 5.97 Å². The van der Waals surface area contributed by atoms with Gasteiger partial charge in [-0.3, -0.25) is 14.4 Å². The summed E-state index contributed by atoms with van der Waals surface area (Å²) in [7, 11) is 1.35. The van der Waals surface area contributed by atoms with Gasteiger partial charge in [0.25, 0.3) is 5.91 Å². The first kappa shape index (κ1) is 19.0. The Labute approximate surface area is 148 Å². The van der Waals surface area contributed by atoms with Gasteiger partial charge in [-0.05, 0) is 31.0 Å². The van der Waals surface area contributed by atoms with Crippen molar-refractivity contribution in [3.8, 4) is 0 Å². The molecule has 0 aromatic heterocycles. The Hall–Kier alpha value is -2.37. The molecule has 1 aliphatic rings. The fraction of sp³-hybridized carbons (Fsp3) is 0.526. The predicted molar refractivity (Wildman–Crippen MR) is 95.3 cm³/mol. The molecule has 0 aliphatic heterocycles. The Kier molecular flexibility index (Phi) is 6.98. The van der Waals surface area contributed by atoms with Crippen LogP contribution in [-0.2, 0) is 14.3 Å². The highest BCUT2D eigenvalue weighted by Crippen LogP contribution is 2.25. The number of hydrogen-bond acceptors (Lipinski definition) is 4. The molecule has 0 heterocycles. The maximum atomic E-state index is 13.0. The summed E-state index contributed by atoms with van der Waals surface area (Å²) in [6.07, 6.45) is 5.48. The van der Waals surface area contributed by atoms with Gasteiger partial charge in [-0.25, -0.2) is 0 Å². The van der Waals surface area contributed by atoms with Crippen molar-refractivity contribution in [2.45, 2.75) is 51.5 Å². The van der Waals surface area contributed by atoms with Crippen molar-refractivity contribution < 1.29 is 19.1 Å². The van der Waals surface area contributed by atoms with E-state index in [9.17, 15) is 14.4 Å². The van der Waals surface area contributed by atoms with E-state index in [1.165, 1.54) is 20.5 Å². The molecule has 1 aromatic carbocycles. The van der Waals surface area contributed by atoms with E-state index in [4.69, 9.17) is 4.74 Å². The van der Waals surface area contributed by atoms with Gasteiger partial charge in [-0.15, -0.1) is 0 Å². The summed E-state index contributed by atoms with van der Waals surface area (Å²) in [6, 6.07) is 7.06. The van der Waals surface area contributed by atoms with E-state index in [2.05, 4.69) is 5.32 Å². The summed E-state index contributed by atoms with van der Waals surface area (Å²) in [6.45, 7) is 1.78. The molecule has 0 saturated heterocycles. The van der Waals surface area contributed by atoms with Gasteiger partial charge < -0.3 is 15.0 Å². The lowest BCUT2D eigenvalue weighted by Gasteiger charge is -2.34. The normalized spacial score (nSPS) is 14.6. The van der Waals surface area contributed by atoms with Crippen LogP contribution in [0, 0.1) is 0 Å². The second-order valence-electron chi connectivity index (χ2n) is 6.38. The van der Waals surface area contributed by atoms with Gasteiger partial charge in [0.1, 0.15) is 0 Å². The highest BCUT2D eigenvalue weighted by atomic mass is 16.5. The van der Waals surface area contributed by atoms with Crippen molar-refractivity contribution in [1.29, 1.82) is 0 Å². The van der Waals surface area contributed by atoms with E-state index < -0.39 is 0 Å². The highest BCUT2D eigenvalue weighted by Gasteiger charge is 2.27. The molecule has 25 heavy (non-hydrogen) atoms. The molecule has 0 radical (unpaired) electrons. The van der Waals surface area contributed by atoms with Crippen molar-refractivity contribution in [3.05, 3.63) is 29.8 Å². The van der Waals surface area contributed by atoms with E-state index >= 15 is 0 Å². The van der Waals surface area contributed by atoms with Crippen LogP contribution in [0.15, 0.2) is 24.3 Å². The molecular weight excluding hydrogens is 320 g/mol. The maximum Gasteiger partial charge on any atom is 0.307 e. The number of amides is 2. The standard InChI is InChI=1S/C19H26N2O4/c1-14(22)20-16-8-6-7-15(13-16)19(24)21(12-11-18(23)25-2)17-9-4-3-5-10-17/h6-8,13,17H,3-5,9-12H2,1-2H3,(H,20,22). The number of carbonyl (C=O) groups excluding carboxylic acids is 3. The number of nitrogens with zero attached hydrogens (tertiary/aromatic N) is 1. The van der Waals surface area contributed by atoms with E-state index in [1.807, 2.05) is 0 Å². The van der Waals surface area contributed by atoms with E-state index in [0.717, 1.165) is 25.7 Å². The average Bonchev–Trinajstić information content (AvgIpc) is 2.62. The number of hydrogen-bond donors (Lipinski definition) is 1. The van der Waals surface area contributed by atoms with Crippen molar-refractivity contribution in [2.75, 3.05) is 19.0 Å². The number of ether oxygens (including phenoxy) is 1. The monoisotopic (exact) mass is 346 g/mol. The van der Waals surface area contributed by atoms with Crippen LogP contribution in [0.5, 0.6) is 0 Å². The zero-order valence-corrected chi connectivity index (χ0v) is 14.9. The van der Waals surface area contributed by atoms with Gasteiger partial charge in [-0.2, -0.15) is 0 Å². The third kappa shape index (κ3) is 5.59. The van der Waals surface area contributed by atoms with Crippen molar-refractivity contribution in [3.63, 3.8) is 0 Å². The van der Waals surface area contributed by atoms with E-state index in [1.54, 1.807) is 29.2 Å². The van der Waals surface area contributed by atoms with Gasteiger partial charge in [-0.1, -0.05) is 25.3 Å². The van der Waals surface area contributed by atoms with Gasteiger partial charge in [0, 0.05) is 30.8 Å². The molecular formula is C19H26N2O4. The minimum Gasteiger partial charge on any atom is -0.469 e. The summed E-state index contributed by atoms with van der Waals surface area (Å²) in [5, 5.41) is 2.69. The molecule has 0 spiro atoms. The molecule has 0 unspecified atom stereocenters. The number of anilines is 1. The zero-order chi connectivity index (χ0) is 18.2. The van der Waals surface area contributed by atoms with Gasteiger partial charge in [0.2, 0.25) is 5.91 Å². The van der Waals surface area contributed by atoms with Crippen LogP contribution in [0.25, 0.3) is 0 Å². The lowest BCUT2D eigenvalue weighted by Crippen LogP contribution is -2.42. The smallest absolute Gasteiger partial charge is 0.307 e. The molecule has 1 saturated carbocycles. The summed E-state index contributed by atoms with van der Waals surface area (Å²) >= 11 is 0. The second-order valence-corrected chi connectivity index (χ2v) is 6.38. The Bertz CT molecular complexity index is 624. The lowest BCUT2D eigenvalue weighted by molar-refractivity contribution is -0.140. The molecule has 0 bridgehead atoms. The summed E-state index contributed by atoms with van der Waals surface area (Å²) in [5.74, 6) is -0.608. The van der Waals surface area contributed by atoms with Crippen LogP contribution in [0.4, 0.5) is 5.69 Å². The quantitative estimate of drug-likeness (QED) is 0.804. The molecule has 6 heteroatoms.